The molecule has 0 radical (unpaired) electrons. The van der Waals surface area contributed by atoms with Crippen molar-refractivity contribution >= 4 is 0 Å². The first-order valence-corrected chi connectivity index (χ1v) is 6.02. The van der Waals surface area contributed by atoms with Crippen molar-refractivity contribution in [3.05, 3.63) is 36.0 Å². The van der Waals surface area contributed by atoms with Crippen molar-refractivity contribution in [1.29, 1.82) is 0 Å². The largest absolute Gasteiger partial charge is 0.367 e. The van der Waals surface area contributed by atoms with Gasteiger partial charge >= 0.3 is 0 Å². The molecule has 3 rings (SSSR count). The van der Waals surface area contributed by atoms with Gasteiger partial charge in [0.25, 0.3) is 0 Å². The van der Waals surface area contributed by atoms with E-state index in [1.165, 1.54) is 0 Å². The number of H-pyrrole nitrogens is 1. The molecule has 0 aliphatic carbocycles. The Morgan fingerprint density at radius 2 is 2.29 bits per heavy atom. The van der Waals surface area contributed by atoms with Gasteiger partial charge < -0.3 is 10.3 Å². The second-order valence-corrected chi connectivity index (χ2v) is 4.54. The molecule has 4 nitrogen and oxygen atoms in total. The Bertz CT molecular complexity index is 498. The Hall–Kier alpha value is -1.68. The van der Waals surface area contributed by atoms with Crippen molar-refractivity contribution in [2.75, 3.05) is 13.1 Å². The lowest BCUT2D eigenvalue weighted by Gasteiger charge is -2.09. The Morgan fingerprint density at radius 1 is 1.35 bits per heavy atom. The van der Waals surface area contributed by atoms with Gasteiger partial charge in [-0.3, -0.25) is 0 Å². The number of nitrogens with zero attached hydrogens (tertiary/aromatic N) is 2. The SMILES string of the molecule is Cc1cc(-c2cc[nH]c2)nc(C2CCNC2)n1. The summed E-state index contributed by atoms with van der Waals surface area (Å²) in [5, 5.41) is 3.36. The van der Waals surface area contributed by atoms with E-state index in [2.05, 4.69) is 20.3 Å². The number of hydrogen-bond acceptors (Lipinski definition) is 3. The summed E-state index contributed by atoms with van der Waals surface area (Å²) in [7, 11) is 0. The zero-order valence-corrected chi connectivity index (χ0v) is 9.90. The topological polar surface area (TPSA) is 53.6 Å². The molecule has 0 aromatic carbocycles. The van der Waals surface area contributed by atoms with Crippen LogP contribution in [0.1, 0.15) is 23.9 Å². The highest BCUT2D eigenvalue weighted by molar-refractivity contribution is 5.58. The molecular formula is C13H16N4. The minimum Gasteiger partial charge on any atom is -0.367 e. The van der Waals surface area contributed by atoms with Gasteiger partial charge in [0.2, 0.25) is 0 Å². The van der Waals surface area contributed by atoms with E-state index in [1.54, 1.807) is 0 Å². The lowest BCUT2D eigenvalue weighted by molar-refractivity contribution is 0.698. The lowest BCUT2D eigenvalue weighted by atomic mass is 10.1. The standard InChI is InChI=1S/C13H16N4/c1-9-6-12(10-2-4-14-7-10)17-13(16-9)11-3-5-15-8-11/h2,4,6-7,11,14-15H,3,5,8H2,1H3. The smallest absolute Gasteiger partial charge is 0.133 e. The van der Waals surface area contributed by atoms with Crippen LogP contribution in [0.2, 0.25) is 0 Å². The molecule has 2 aromatic rings. The molecule has 2 aromatic heterocycles. The van der Waals surface area contributed by atoms with Gasteiger partial charge in [-0.15, -0.1) is 0 Å². The van der Waals surface area contributed by atoms with E-state index in [0.717, 1.165) is 42.3 Å². The first kappa shape index (κ1) is 10.5. The number of nitrogens with one attached hydrogen (secondary N) is 2. The third-order valence-corrected chi connectivity index (χ3v) is 3.19. The van der Waals surface area contributed by atoms with E-state index in [1.807, 2.05) is 31.5 Å². The van der Waals surface area contributed by atoms with Gasteiger partial charge in [-0.2, -0.15) is 0 Å². The maximum Gasteiger partial charge on any atom is 0.133 e. The number of aryl methyl sites for hydroxylation is 1. The highest BCUT2D eigenvalue weighted by Gasteiger charge is 2.20. The fourth-order valence-corrected chi connectivity index (χ4v) is 2.28. The average Bonchev–Trinajstić information content (AvgIpc) is 3.02. The fraction of sp³-hybridized carbons (Fsp3) is 0.385. The molecule has 0 amide bonds. The summed E-state index contributed by atoms with van der Waals surface area (Å²) in [6.07, 6.45) is 5.03. The predicted octanol–water partition coefficient (Wildman–Crippen LogP) is 1.86. The molecule has 0 bridgehead atoms. The average molecular weight is 228 g/mol. The van der Waals surface area contributed by atoms with Crippen LogP contribution in [0.5, 0.6) is 0 Å². The maximum atomic E-state index is 4.69. The molecule has 0 spiro atoms. The molecule has 1 aliphatic rings. The summed E-state index contributed by atoms with van der Waals surface area (Å²) < 4.78 is 0. The normalized spacial score (nSPS) is 19.7. The van der Waals surface area contributed by atoms with Crippen LogP contribution in [-0.4, -0.2) is 28.0 Å². The van der Waals surface area contributed by atoms with E-state index in [4.69, 9.17) is 0 Å². The van der Waals surface area contributed by atoms with E-state index >= 15 is 0 Å². The maximum absolute atomic E-state index is 4.69. The van der Waals surface area contributed by atoms with Crippen molar-refractivity contribution in [1.82, 2.24) is 20.3 Å². The van der Waals surface area contributed by atoms with E-state index in [9.17, 15) is 0 Å². The predicted molar refractivity (Wildman–Crippen MR) is 66.8 cm³/mol. The van der Waals surface area contributed by atoms with Crippen LogP contribution < -0.4 is 5.32 Å². The number of aromatic nitrogens is 3. The van der Waals surface area contributed by atoms with Gasteiger partial charge in [0.1, 0.15) is 5.82 Å². The minimum absolute atomic E-state index is 0.465. The van der Waals surface area contributed by atoms with Crippen molar-refractivity contribution < 1.29 is 0 Å². The van der Waals surface area contributed by atoms with E-state index in [-0.39, 0.29) is 0 Å². The van der Waals surface area contributed by atoms with Gasteiger partial charge in [0.05, 0.1) is 5.69 Å². The Morgan fingerprint density at radius 3 is 3.00 bits per heavy atom. The van der Waals surface area contributed by atoms with Crippen LogP contribution in [0.15, 0.2) is 24.5 Å². The molecule has 0 saturated carbocycles. The van der Waals surface area contributed by atoms with Crippen molar-refractivity contribution in [2.24, 2.45) is 0 Å². The molecular weight excluding hydrogens is 212 g/mol. The van der Waals surface area contributed by atoms with Crippen molar-refractivity contribution in [3.63, 3.8) is 0 Å². The Balaban J connectivity index is 2.00. The summed E-state index contributed by atoms with van der Waals surface area (Å²) in [4.78, 5) is 12.3. The molecule has 1 saturated heterocycles. The summed E-state index contributed by atoms with van der Waals surface area (Å²) >= 11 is 0. The Kier molecular flexibility index (Phi) is 2.65. The third-order valence-electron chi connectivity index (χ3n) is 3.19. The zero-order valence-electron chi connectivity index (χ0n) is 9.90. The van der Waals surface area contributed by atoms with Crippen molar-refractivity contribution in [3.8, 4) is 11.3 Å². The van der Waals surface area contributed by atoms with Gasteiger partial charge in [-0.25, -0.2) is 9.97 Å². The molecule has 4 heteroatoms. The Labute approximate surface area is 101 Å². The fourth-order valence-electron chi connectivity index (χ4n) is 2.28. The number of hydrogen-bond donors (Lipinski definition) is 2. The van der Waals surface area contributed by atoms with Gasteiger partial charge in [0.15, 0.2) is 0 Å². The molecule has 3 heterocycles. The minimum atomic E-state index is 0.465. The van der Waals surface area contributed by atoms with Crippen LogP contribution >= 0.6 is 0 Å². The molecule has 1 atom stereocenters. The summed E-state index contributed by atoms with van der Waals surface area (Å²) in [5.74, 6) is 1.44. The second kappa shape index (κ2) is 4.30. The number of aromatic amines is 1. The molecule has 1 aliphatic heterocycles. The summed E-state index contributed by atoms with van der Waals surface area (Å²) in [5.41, 5.74) is 3.18. The molecule has 1 fully saturated rings. The molecule has 2 N–H and O–H groups in total. The molecule has 88 valence electrons. The summed E-state index contributed by atoms with van der Waals surface area (Å²) in [6.45, 7) is 4.10. The molecule has 1 unspecified atom stereocenters. The zero-order chi connectivity index (χ0) is 11.7. The van der Waals surface area contributed by atoms with Gasteiger partial charge in [-0.05, 0) is 32.0 Å². The van der Waals surface area contributed by atoms with Crippen LogP contribution in [0, 0.1) is 6.92 Å². The first-order valence-electron chi connectivity index (χ1n) is 6.02. The van der Waals surface area contributed by atoms with Gasteiger partial charge in [-0.1, -0.05) is 0 Å². The van der Waals surface area contributed by atoms with Crippen LogP contribution in [0.25, 0.3) is 11.3 Å². The highest BCUT2D eigenvalue weighted by atomic mass is 15.0. The molecule has 17 heavy (non-hydrogen) atoms. The van der Waals surface area contributed by atoms with Crippen molar-refractivity contribution in [2.45, 2.75) is 19.3 Å². The third kappa shape index (κ3) is 2.08. The van der Waals surface area contributed by atoms with Gasteiger partial charge in [0, 0.05) is 36.1 Å². The number of rotatable bonds is 2. The highest BCUT2D eigenvalue weighted by Crippen LogP contribution is 2.23. The summed E-state index contributed by atoms with van der Waals surface area (Å²) in [6, 6.07) is 4.08. The second-order valence-electron chi connectivity index (χ2n) is 4.54. The first-order chi connectivity index (χ1) is 8.33. The lowest BCUT2D eigenvalue weighted by Crippen LogP contribution is -2.11. The van der Waals surface area contributed by atoms with E-state index in [0.29, 0.717) is 5.92 Å². The van der Waals surface area contributed by atoms with Crippen LogP contribution in [-0.2, 0) is 0 Å². The van der Waals surface area contributed by atoms with Crippen LogP contribution in [0.4, 0.5) is 0 Å². The van der Waals surface area contributed by atoms with E-state index < -0.39 is 0 Å². The monoisotopic (exact) mass is 228 g/mol. The van der Waals surface area contributed by atoms with Crippen LogP contribution in [0.3, 0.4) is 0 Å². The quantitative estimate of drug-likeness (QED) is 0.825.